The molecule has 0 spiro atoms. The van der Waals surface area contributed by atoms with Crippen LogP contribution < -0.4 is 5.73 Å². The lowest BCUT2D eigenvalue weighted by Crippen LogP contribution is -2.45. The Hall–Kier alpha value is -0.870. The van der Waals surface area contributed by atoms with Gasteiger partial charge in [-0.15, -0.1) is 0 Å². The van der Waals surface area contributed by atoms with Crippen molar-refractivity contribution in [3.05, 3.63) is 12.7 Å². The number of nitrogens with two attached hydrogens (primary N) is 1. The van der Waals surface area contributed by atoms with Crippen molar-refractivity contribution in [1.29, 1.82) is 0 Å². The van der Waals surface area contributed by atoms with Crippen LogP contribution >= 0.6 is 0 Å². The molecule has 0 fully saturated rings. The standard InChI is InChI=1S/C6H11NO3/c1-3-4-10-5(8)6(2,7)9/h3,9H,1,4,7H2,2H3. The summed E-state index contributed by atoms with van der Waals surface area (Å²) in [4.78, 5) is 10.6. The highest BCUT2D eigenvalue weighted by Gasteiger charge is 2.25. The first-order chi connectivity index (χ1) is 4.48. The molecule has 0 saturated heterocycles. The van der Waals surface area contributed by atoms with Crippen LogP contribution in [0, 0.1) is 0 Å². The molecule has 3 N–H and O–H groups in total. The number of rotatable bonds is 3. The highest BCUT2D eigenvalue weighted by molar-refractivity contribution is 5.77. The maximum Gasteiger partial charge on any atom is 0.353 e. The Bertz CT molecular complexity index is 136. The minimum Gasteiger partial charge on any atom is -0.458 e. The van der Waals surface area contributed by atoms with Crippen LogP contribution in [0.3, 0.4) is 0 Å². The first kappa shape index (κ1) is 9.13. The molecular formula is C6H11NO3. The van der Waals surface area contributed by atoms with Crippen molar-refractivity contribution in [1.82, 2.24) is 0 Å². The Morgan fingerprint density at radius 2 is 2.50 bits per heavy atom. The molecule has 58 valence electrons. The molecule has 0 aliphatic rings. The van der Waals surface area contributed by atoms with E-state index in [2.05, 4.69) is 11.3 Å². The predicted molar refractivity (Wildman–Crippen MR) is 36.0 cm³/mol. The number of ether oxygens (including phenoxy) is 1. The summed E-state index contributed by atoms with van der Waals surface area (Å²) in [5, 5.41) is 8.78. The highest BCUT2D eigenvalue weighted by atomic mass is 16.6. The van der Waals surface area contributed by atoms with E-state index in [4.69, 9.17) is 10.8 Å². The van der Waals surface area contributed by atoms with E-state index in [-0.39, 0.29) is 6.61 Å². The van der Waals surface area contributed by atoms with Gasteiger partial charge in [0.2, 0.25) is 5.72 Å². The lowest BCUT2D eigenvalue weighted by Gasteiger charge is -2.13. The van der Waals surface area contributed by atoms with Gasteiger partial charge in [-0.3, -0.25) is 5.73 Å². The fourth-order valence-electron chi connectivity index (χ4n) is 0.281. The molecule has 10 heavy (non-hydrogen) atoms. The smallest absolute Gasteiger partial charge is 0.353 e. The zero-order valence-corrected chi connectivity index (χ0v) is 5.83. The molecule has 0 heterocycles. The van der Waals surface area contributed by atoms with Gasteiger partial charge in [0, 0.05) is 0 Å². The van der Waals surface area contributed by atoms with E-state index in [9.17, 15) is 4.79 Å². The number of carbonyl (C=O) groups is 1. The molecule has 0 aromatic rings. The van der Waals surface area contributed by atoms with Gasteiger partial charge in [-0.2, -0.15) is 0 Å². The van der Waals surface area contributed by atoms with Gasteiger partial charge in [-0.05, 0) is 6.92 Å². The van der Waals surface area contributed by atoms with E-state index in [1.165, 1.54) is 6.08 Å². The summed E-state index contributed by atoms with van der Waals surface area (Å²) in [6.45, 7) is 4.53. The molecule has 4 heteroatoms. The van der Waals surface area contributed by atoms with Gasteiger partial charge in [0.1, 0.15) is 6.61 Å². The maximum atomic E-state index is 10.6. The largest absolute Gasteiger partial charge is 0.458 e. The summed E-state index contributed by atoms with van der Waals surface area (Å²) in [5.41, 5.74) is 3.07. The molecule has 0 aliphatic carbocycles. The average molecular weight is 145 g/mol. The van der Waals surface area contributed by atoms with Crippen LogP contribution in [0.25, 0.3) is 0 Å². The number of hydrogen-bond acceptors (Lipinski definition) is 4. The summed E-state index contributed by atoms with van der Waals surface area (Å²) < 4.78 is 4.42. The SMILES string of the molecule is C=CCOC(=O)C(C)(N)O. The molecule has 1 atom stereocenters. The summed E-state index contributed by atoms with van der Waals surface area (Å²) in [7, 11) is 0. The van der Waals surface area contributed by atoms with E-state index >= 15 is 0 Å². The van der Waals surface area contributed by atoms with Crippen molar-refractivity contribution in [2.75, 3.05) is 6.61 Å². The van der Waals surface area contributed by atoms with Crippen molar-refractivity contribution < 1.29 is 14.6 Å². The molecule has 0 rings (SSSR count). The van der Waals surface area contributed by atoms with Crippen LogP contribution in [0.2, 0.25) is 0 Å². The van der Waals surface area contributed by atoms with Crippen molar-refractivity contribution in [2.24, 2.45) is 5.73 Å². The van der Waals surface area contributed by atoms with Gasteiger partial charge in [-0.25, -0.2) is 4.79 Å². The molecule has 4 nitrogen and oxygen atoms in total. The van der Waals surface area contributed by atoms with Gasteiger partial charge in [0.05, 0.1) is 0 Å². The Kier molecular flexibility index (Phi) is 3.05. The van der Waals surface area contributed by atoms with Gasteiger partial charge < -0.3 is 9.84 Å². The molecule has 0 aromatic carbocycles. The quantitative estimate of drug-likeness (QED) is 0.315. The first-order valence-electron chi connectivity index (χ1n) is 2.78. The average Bonchev–Trinajstić information content (AvgIpc) is 1.80. The molecule has 0 aliphatic heterocycles. The number of esters is 1. The van der Waals surface area contributed by atoms with Crippen LogP contribution in [-0.4, -0.2) is 23.4 Å². The zero-order valence-electron chi connectivity index (χ0n) is 5.83. The molecular weight excluding hydrogens is 134 g/mol. The lowest BCUT2D eigenvalue weighted by atomic mass is 10.3. The third-order valence-electron chi connectivity index (χ3n) is 0.746. The Morgan fingerprint density at radius 3 is 2.80 bits per heavy atom. The van der Waals surface area contributed by atoms with Gasteiger partial charge >= 0.3 is 5.97 Å². The minimum atomic E-state index is -1.90. The number of aliphatic hydroxyl groups is 1. The second kappa shape index (κ2) is 3.34. The predicted octanol–water partition coefficient (Wildman–Crippen LogP) is -0.617. The highest BCUT2D eigenvalue weighted by Crippen LogP contribution is 1.95. The van der Waals surface area contributed by atoms with E-state index in [1.54, 1.807) is 0 Å². The molecule has 0 aromatic heterocycles. The summed E-state index contributed by atoms with van der Waals surface area (Å²) >= 11 is 0. The third kappa shape index (κ3) is 3.21. The normalized spacial score (nSPS) is 15.5. The van der Waals surface area contributed by atoms with Crippen LogP contribution in [0.15, 0.2) is 12.7 Å². The van der Waals surface area contributed by atoms with Crippen LogP contribution in [-0.2, 0) is 9.53 Å². The van der Waals surface area contributed by atoms with Crippen molar-refractivity contribution >= 4 is 5.97 Å². The van der Waals surface area contributed by atoms with E-state index in [1.807, 2.05) is 0 Å². The Morgan fingerprint density at radius 1 is 2.00 bits per heavy atom. The van der Waals surface area contributed by atoms with E-state index in [0.717, 1.165) is 6.92 Å². The fourth-order valence-corrected chi connectivity index (χ4v) is 0.281. The van der Waals surface area contributed by atoms with Gasteiger partial charge in [0.25, 0.3) is 0 Å². The number of hydrogen-bond donors (Lipinski definition) is 2. The fraction of sp³-hybridized carbons (Fsp3) is 0.500. The number of carbonyl (C=O) groups excluding carboxylic acids is 1. The topological polar surface area (TPSA) is 72.5 Å². The Balaban J connectivity index is 3.74. The second-order valence-electron chi connectivity index (χ2n) is 2.03. The van der Waals surface area contributed by atoms with E-state index < -0.39 is 11.7 Å². The molecule has 0 amide bonds. The van der Waals surface area contributed by atoms with Crippen LogP contribution in [0.5, 0.6) is 0 Å². The first-order valence-corrected chi connectivity index (χ1v) is 2.78. The van der Waals surface area contributed by atoms with Crippen molar-refractivity contribution in [3.8, 4) is 0 Å². The van der Waals surface area contributed by atoms with E-state index in [0.29, 0.717) is 0 Å². The van der Waals surface area contributed by atoms with Crippen LogP contribution in [0.4, 0.5) is 0 Å². The lowest BCUT2D eigenvalue weighted by molar-refractivity contribution is -0.161. The molecule has 0 bridgehead atoms. The monoisotopic (exact) mass is 145 g/mol. The molecule has 1 unspecified atom stereocenters. The molecule has 0 radical (unpaired) electrons. The second-order valence-corrected chi connectivity index (χ2v) is 2.03. The minimum absolute atomic E-state index is 0.0617. The van der Waals surface area contributed by atoms with Crippen molar-refractivity contribution in [2.45, 2.75) is 12.6 Å². The third-order valence-corrected chi connectivity index (χ3v) is 0.746. The summed E-state index contributed by atoms with van der Waals surface area (Å²) in [6, 6.07) is 0. The van der Waals surface area contributed by atoms with Crippen LogP contribution in [0.1, 0.15) is 6.92 Å². The summed E-state index contributed by atoms with van der Waals surface area (Å²) in [6.07, 6.45) is 1.39. The Labute approximate surface area is 59.3 Å². The van der Waals surface area contributed by atoms with Crippen molar-refractivity contribution in [3.63, 3.8) is 0 Å². The van der Waals surface area contributed by atoms with Gasteiger partial charge in [-0.1, -0.05) is 12.7 Å². The molecule has 0 saturated carbocycles. The zero-order chi connectivity index (χ0) is 8.20. The van der Waals surface area contributed by atoms with Gasteiger partial charge in [0.15, 0.2) is 0 Å². The maximum absolute atomic E-state index is 10.6. The summed E-state index contributed by atoms with van der Waals surface area (Å²) in [5.74, 6) is -0.854.